The van der Waals surface area contributed by atoms with Crippen LogP contribution in [0, 0.1) is 5.82 Å². The van der Waals surface area contributed by atoms with E-state index in [1.54, 1.807) is 35.1 Å². The first kappa shape index (κ1) is 17.6. The van der Waals surface area contributed by atoms with Crippen molar-refractivity contribution in [1.29, 1.82) is 0 Å². The predicted molar refractivity (Wildman–Crippen MR) is 102 cm³/mol. The largest absolute Gasteiger partial charge is 0.366 e. The third-order valence-electron chi connectivity index (χ3n) is 4.23. The van der Waals surface area contributed by atoms with Gasteiger partial charge in [0, 0.05) is 19.3 Å². The number of aromatic nitrogens is 4. The highest BCUT2D eigenvalue weighted by Gasteiger charge is 2.07. The van der Waals surface area contributed by atoms with Crippen LogP contribution in [0.1, 0.15) is 21.5 Å². The van der Waals surface area contributed by atoms with Gasteiger partial charge >= 0.3 is 0 Å². The smallest absolute Gasteiger partial charge is 0.253 e. The summed E-state index contributed by atoms with van der Waals surface area (Å²) < 4.78 is 14.6. The summed E-state index contributed by atoms with van der Waals surface area (Å²) in [4.78, 5) is 16.3. The zero-order chi connectivity index (χ0) is 19.3. The lowest BCUT2D eigenvalue weighted by Crippen LogP contribution is -2.23. The summed E-state index contributed by atoms with van der Waals surface area (Å²) in [6, 6.07) is 14.3. The molecule has 0 spiro atoms. The van der Waals surface area contributed by atoms with Crippen molar-refractivity contribution >= 4 is 17.4 Å². The maximum absolute atomic E-state index is 12.9. The van der Waals surface area contributed by atoms with E-state index in [4.69, 9.17) is 0 Å². The average Bonchev–Trinajstić information content (AvgIpc) is 3.20. The van der Waals surface area contributed by atoms with Crippen LogP contribution in [0.15, 0.2) is 67.3 Å². The highest BCUT2D eigenvalue weighted by molar-refractivity contribution is 5.94. The van der Waals surface area contributed by atoms with E-state index in [1.165, 1.54) is 12.3 Å². The lowest BCUT2D eigenvalue weighted by molar-refractivity contribution is 0.0950. The van der Waals surface area contributed by atoms with Gasteiger partial charge < -0.3 is 10.6 Å². The van der Waals surface area contributed by atoms with Crippen LogP contribution in [0.4, 0.5) is 10.2 Å². The number of carbonyl (C=O) groups is 1. The molecule has 4 aromatic rings. The highest BCUT2D eigenvalue weighted by atomic mass is 19.1. The van der Waals surface area contributed by atoms with Crippen LogP contribution in [0.5, 0.6) is 0 Å². The van der Waals surface area contributed by atoms with Gasteiger partial charge in [-0.05, 0) is 35.4 Å². The van der Waals surface area contributed by atoms with Crippen LogP contribution in [-0.2, 0) is 13.1 Å². The highest BCUT2D eigenvalue weighted by Crippen LogP contribution is 2.09. The van der Waals surface area contributed by atoms with Crippen molar-refractivity contribution in [1.82, 2.24) is 24.9 Å². The van der Waals surface area contributed by atoms with Gasteiger partial charge in [0.2, 0.25) is 0 Å². The van der Waals surface area contributed by atoms with Crippen molar-refractivity contribution in [2.75, 3.05) is 5.32 Å². The Labute approximate surface area is 160 Å². The summed E-state index contributed by atoms with van der Waals surface area (Å²) >= 11 is 0. The van der Waals surface area contributed by atoms with Crippen molar-refractivity contribution in [3.63, 3.8) is 0 Å². The third-order valence-corrected chi connectivity index (χ3v) is 4.23. The Hall–Kier alpha value is -3.81. The molecule has 0 aliphatic carbocycles. The molecule has 0 radical (unpaired) electrons. The molecule has 0 saturated carbocycles. The molecule has 0 aliphatic rings. The van der Waals surface area contributed by atoms with Crippen molar-refractivity contribution < 1.29 is 9.18 Å². The fourth-order valence-corrected chi connectivity index (χ4v) is 2.69. The predicted octanol–water partition coefficient (Wildman–Crippen LogP) is 2.81. The van der Waals surface area contributed by atoms with Crippen molar-refractivity contribution in [2.24, 2.45) is 0 Å². The zero-order valence-corrected chi connectivity index (χ0v) is 14.8. The van der Waals surface area contributed by atoms with E-state index < -0.39 is 0 Å². The number of hydrogen-bond acceptors (Lipinski definition) is 5. The Morgan fingerprint density at radius 2 is 1.79 bits per heavy atom. The molecule has 28 heavy (non-hydrogen) atoms. The summed E-state index contributed by atoms with van der Waals surface area (Å²) in [5.74, 6) is 0.0880. The molecule has 2 N–H and O–H groups in total. The van der Waals surface area contributed by atoms with Crippen molar-refractivity contribution in [3.05, 3.63) is 89.8 Å². The standard InChI is InChI=1S/C20H17FN6O/c21-17-6-7-18(23-11-17)22-9-14-1-3-15(4-2-14)10-24-20(28)16-5-8-19-26-25-13-27(19)12-16/h1-8,11-13H,9-10H2,(H,22,23)(H,24,28). The minimum absolute atomic E-state index is 0.163. The second-order valence-electron chi connectivity index (χ2n) is 6.23. The normalized spacial score (nSPS) is 10.8. The van der Waals surface area contributed by atoms with Crippen molar-refractivity contribution in [2.45, 2.75) is 13.1 Å². The van der Waals surface area contributed by atoms with Crippen LogP contribution in [0.25, 0.3) is 5.65 Å². The summed E-state index contributed by atoms with van der Waals surface area (Å²) in [5.41, 5.74) is 3.28. The first-order chi connectivity index (χ1) is 13.7. The van der Waals surface area contributed by atoms with Gasteiger partial charge in [-0.2, -0.15) is 0 Å². The lowest BCUT2D eigenvalue weighted by atomic mass is 10.1. The monoisotopic (exact) mass is 376 g/mol. The Bertz CT molecular complexity index is 1090. The topological polar surface area (TPSA) is 84.2 Å². The molecular formula is C20H17FN6O. The van der Waals surface area contributed by atoms with E-state index in [0.29, 0.717) is 30.1 Å². The molecule has 7 nitrogen and oxygen atoms in total. The summed E-state index contributed by atoms with van der Waals surface area (Å²) in [5, 5.41) is 13.7. The molecule has 0 unspecified atom stereocenters. The second-order valence-corrected chi connectivity index (χ2v) is 6.23. The Morgan fingerprint density at radius 1 is 1.00 bits per heavy atom. The van der Waals surface area contributed by atoms with E-state index in [1.807, 2.05) is 24.3 Å². The summed E-state index contributed by atoms with van der Waals surface area (Å²) in [6.07, 6.45) is 4.43. The molecule has 0 atom stereocenters. The molecule has 1 aromatic carbocycles. The molecule has 4 rings (SSSR count). The minimum Gasteiger partial charge on any atom is -0.366 e. The quantitative estimate of drug-likeness (QED) is 0.541. The maximum atomic E-state index is 12.9. The molecule has 3 aromatic heterocycles. The van der Waals surface area contributed by atoms with Gasteiger partial charge in [-0.1, -0.05) is 24.3 Å². The maximum Gasteiger partial charge on any atom is 0.253 e. The molecule has 3 heterocycles. The lowest BCUT2D eigenvalue weighted by Gasteiger charge is -2.08. The van der Waals surface area contributed by atoms with Gasteiger partial charge in [-0.25, -0.2) is 9.37 Å². The Morgan fingerprint density at radius 3 is 2.54 bits per heavy atom. The number of carbonyl (C=O) groups excluding carboxylic acids is 1. The molecular weight excluding hydrogens is 359 g/mol. The van der Waals surface area contributed by atoms with E-state index in [9.17, 15) is 9.18 Å². The SMILES string of the molecule is O=C(NCc1ccc(CNc2ccc(F)cn2)cc1)c1ccc2nncn2c1. The number of halogens is 1. The number of hydrogen-bond donors (Lipinski definition) is 2. The van der Waals surface area contributed by atoms with E-state index in [0.717, 1.165) is 11.1 Å². The van der Waals surface area contributed by atoms with Crippen LogP contribution in [-0.4, -0.2) is 25.5 Å². The summed E-state index contributed by atoms with van der Waals surface area (Å²) in [7, 11) is 0. The molecule has 0 fully saturated rings. The van der Waals surface area contributed by atoms with E-state index in [2.05, 4.69) is 25.8 Å². The first-order valence-corrected chi connectivity index (χ1v) is 8.68. The van der Waals surface area contributed by atoms with Gasteiger partial charge in [0.25, 0.3) is 5.91 Å². The average molecular weight is 376 g/mol. The van der Waals surface area contributed by atoms with Crippen LogP contribution in [0.2, 0.25) is 0 Å². The fraction of sp³-hybridized carbons (Fsp3) is 0.100. The summed E-state index contributed by atoms with van der Waals surface area (Å²) in [6.45, 7) is 0.997. The number of benzene rings is 1. The van der Waals surface area contributed by atoms with Gasteiger partial charge in [0.05, 0.1) is 11.8 Å². The van der Waals surface area contributed by atoms with Crippen LogP contribution in [0.3, 0.4) is 0 Å². The number of amides is 1. The van der Waals surface area contributed by atoms with Gasteiger partial charge in [0.1, 0.15) is 18.0 Å². The zero-order valence-electron chi connectivity index (χ0n) is 14.8. The van der Waals surface area contributed by atoms with Crippen LogP contribution >= 0.6 is 0 Å². The number of anilines is 1. The number of nitrogens with zero attached hydrogens (tertiary/aromatic N) is 4. The van der Waals surface area contributed by atoms with E-state index >= 15 is 0 Å². The number of pyridine rings is 2. The third kappa shape index (κ3) is 4.12. The van der Waals surface area contributed by atoms with Gasteiger partial charge in [-0.3, -0.25) is 9.20 Å². The van der Waals surface area contributed by atoms with Crippen molar-refractivity contribution in [3.8, 4) is 0 Å². The van der Waals surface area contributed by atoms with E-state index in [-0.39, 0.29) is 11.7 Å². The Balaban J connectivity index is 1.31. The van der Waals surface area contributed by atoms with Crippen LogP contribution < -0.4 is 10.6 Å². The Kier molecular flexibility index (Phi) is 4.92. The number of fused-ring (bicyclic) bond motifs is 1. The molecule has 0 bridgehead atoms. The number of rotatable bonds is 6. The molecule has 140 valence electrons. The number of nitrogens with one attached hydrogen (secondary N) is 2. The minimum atomic E-state index is -0.362. The van der Waals surface area contributed by atoms with Gasteiger partial charge in [0.15, 0.2) is 5.65 Å². The molecule has 0 aliphatic heterocycles. The second kappa shape index (κ2) is 7.83. The molecule has 8 heteroatoms. The first-order valence-electron chi connectivity index (χ1n) is 8.68. The van der Waals surface area contributed by atoms with Gasteiger partial charge in [-0.15, -0.1) is 10.2 Å². The fourth-order valence-electron chi connectivity index (χ4n) is 2.69. The molecule has 1 amide bonds. The molecule has 0 saturated heterocycles.